The third-order valence-electron chi connectivity index (χ3n) is 3.51. The molecule has 0 amide bonds. The van der Waals surface area contributed by atoms with E-state index in [2.05, 4.69) is 44.5 Å². The maximum absolute atomic E-state index is 5.80. The van der Waals surface area contributed by atoms with Crippen LogP contribution in [0.25, 0.3) is 11.0 Å². The van der Waals surface area contributed by atoms with Gasteiger partial charge in [-0.25, -0.2) is 9.97 Å². The number of nitrogens with zero attached hydrogens (tertiary/aromatic N) is 2. The first-order chi connectivity index (χ1) is 9.74. The Morgan fingerprint density at radius 1 is 1.55 bits per heavy atom. The fourth-order valence-corrected chi connectivity index (χ4v) is 2.85. The number of hydrogen-bond donors (Lipinski definition) is 1. The lowest BCUT2D eigenvalue weighted by Crippen LogP contribution is -2.24. The van der Waals surface area contributed by atoms with Gasteiger partial charge < -0.3 is 14.5 Å². The summed E-state index contributed by atoms with van der Waals surface area (Å²) in [6.45, 7) is 3.48. The summed E-state index contributed by atoms with van der Waals surface area (Å²) in [5, 5.41) is 1.07. The molecule has 2 aromatic heterocycles. The SMILES string of the molecule is C[C@H](COC1CCCCO1)c1ncc2c(I)c[nH]c2n1. The van der Waals surface area contributed by atoms with Crippen LogP contribution in [0.2, 0.25) is 0 Å². The molecule has 0 aliphatic carbocycles. The Morgan fingerprint density at radius 2 is 2.45 bits per heavy atom. The molecule has 1 saturated heterocycles. The maximum atomic E-state index is 5.80. The molecule has 1 aliphatic rings. The number of fused-ring (bicyclic) bond motifs is 1. The molecule has 5 nitrogen and oxygen atoms in total. The number of nitrogens with one attached hydrogen (secondary N) is 1. The number of aromatic amines is 1. The molecule has 2 aromatic rings. The predicted molar refractivity (Wildman–Crippen MR) is 84.6 cm³/mol. The Hall–Kier alpha value is -0.730. The molecule has 0 saturated carbocycles. The highest BCUT2D eigenvalue weighted by atomic mass is 127. The van der Waals surface area contributed by atoms with Crippen LogP contribution in [0.3, 0.4) is 0 Å². The van der Waals surface area contributed by atoms with Crippen LogP contribution in [-0.2, 0) is 9.47 Å². The summed E-state index contributed by atoms with van der Waals surface area (Å²) in [6, 6.07) is 0. The average Bonchev–Trinajstić information content (AvgIpc) is 2.87. The summed E-state index contributed by atoms with van der Waals surface area (Å²) >= 11 is 2.28. The predicted octanol–water partition coefficient (Wildman–Crippen LogP) is 3.21. The molecule has 1 unspecified atom stereocenters. The van der Waals surface area contributed by atoms with Gasteiger partial charge >= 0.3 is 0 Å². The molecule has 1 aliphatic heterocycles. The largest absolute Gasteiger partial charge is 0.353 e. The standard InChI is InChI=1S/C14H18IN3O2/c1-9(8-20-12-4-2-3-5-19-12)13-16-6-10-11(15)7-17-14(10)18-13/h6-7,9,12H,2-5,8H2,1H3,(H,16,17,18)/t9-,12?/m1/s1. The van der Waals surface area contributed by atoms with Crippen molar-refractivity contribution in [1.82, 2.24) is 15.0 Å². The molecule has 6 heteroatoms. The van der Waals surface area contributed by atoms with Gasteiger partial charge in [0.25, 0.3) is 0 Å². The Bertz CT molecular complexity index is 581. The van der Waals surface area contributed by atoms with Crippen LogP contribution in [-0.4, -0.2) is 34.5 Å². The Morgan fingerprint density at radius 3 is 3.25 bits per heavy atom. The minimum atomic E-state index is -0.0543. The van der Waals surface area contributed by atoms with Crippen LogP contribution in [0, 0.1) is 3.57 Å². The van der Waals surface area contributed by atoms with Crippen LogP contribution in [0.15, 0.2) is 12.4 Å². The fourth-order valence-electron chi connectivity index (χ4n) is 2.30. The highest BCUT2D eigenvalue weighted by molar-refractivity contribution is 14.1. The van der Waals surface area contributed by atoms with Gasteiger partial charge in [0.1, 0.15) is 11.5 Å². The number of aromatic nitrogens is 3. The van der Waals surface area contributed by atoms with E-state index in [1.807, 2.05) is 12.4 Å². The lowest BCUT2D eigenvalue weighted by atomic mass is 10.1. The summed E-state index contributed by atoms with van der Waals surface area (Å²) in [5.41, 5.74) is 0.889. The highest BCUT2D eigenvalue weighted by Gasteiger charge is 2.17. The van der Waals surface area contributed by atoms with E-state index in [1.165, 1.54) is 6.42 Å². The zero-order valence-corrected chi connectivity index (χ0v) is 13.6. The van der Waals surface area contributed by atoms with Crippen molar-refractivity contribution >= 4 is 33.6 Å². The number of halogens is 1. The van der Waals surface area contributed by atoms with Gasteiger partial charge in [-0.1, -0.05) is 6.92 Å². The van der Waals surface area contributed by atoms with E-state index in [-0.39, 0.29) is 12.2 Å². The molecule has 0 aromatic carbocycles. The molecule has 2 atom stereocenters. The molecule has 0 radical (unpaired) electrons. The fraction of sp³-hybridized carbons (Fsp3) is 0.571. The van der Waals surface area contributed by atoms with Crippen molar-refractivity contribution in [2.45, 2.75) is 38.4 Å². The number of H-pyrrole nitrogens is 1. The van der Waals surface area contributed by atoms with Crippen LogP contribution < -0.4 is 0 Å². The molecule has 20 heavy (non-hydrogen) atoms. The van der Waals surface area contributed by atoms with Crippen molar-refractivity contribution in [2.75, 3.05) is 13.2 Å². The van der Waals surface area contributed by atoms with E-state index < -0.39 is 0 Å². The van der Waals surface area contributed by atoms with Crippen LogP contribution >= 0.6 is 22.6 Å². The molecule has 0 bridgehead atoms. The quantitative estimate of drug-likeness (QED) is 0.819. The summed E-state index contributed by atoms with van der Waals surface area (Å²) < 4.78 is 12.5. The highest BCUT2D eigenvalue weighted by Crippen LogP contribution is 2.21. The first-order valence-electron chi connectivity index (χ1n) is 6.97. The topological polar surface area (TPSA) is 60.0 Å². The average molecular weight is 387 g/mol. The molecule has 0 spiro atoms. The third-order valence-corrected chi connectivity index (χ3v) is 4.40. The van der Waals surface area contributed by atoms with Gasteiger partial charge in [0, 0.05) is 28.5 Å². The van der Waals surface area contributed by atoms with Gasteiger partial charge in [-0.2, -0.15) is 0 Å². The second-order valence-corrected chi connectivity index (χ2v) is 6.32. The normalized spacial score (nSPS) is 21.2. The molecule has 3 heterocycles. The molecule has 108 valence electrons. The third kappa shape index (κ3) is 3.12. The monoisotopic (exact) mass is 387 g/mol. The van der Waals surface area contributed by atoms with Crippen molar-refractivity contribution in [3.05, 3.63) is 21.8 Å². The van der Waals surface area contributed by atoms with E-state index in [0.29, 0.717) is 6.61 Å². The first-order valence-corrected chi connectivity index (χ1v) is 8.04. The van der Waals surface area contributed by atoms with Crippen molar-refractivity contribution in [2.24, 2.45) is 0 Å². The molecular formula is C14H18IN3O2. The summed E-state index contributed by atoms with van der Waals surface area (Å²) in [6.07, 6.45) is 7.08. The van der Waals surface area contributed by atoms with Crippen molar-refractivity contribution in [1.29, 1.82) is 0 Å². The van der Waals surface area contributed by atoms with Gasteiger partial charge in [0.05, 0.1) is 12.0 Å². The Labute approximate surface area is 131 Å². The van der Waals surface area contributed by atoms with Gasteiger partial charge in [-0.15, -0.1) is 0 Å². The van der Waals surface area contributed by atoms with Crippen molar-refractivity contribution in [3.8, 4) is 0 Å². The second-order valence-electron chi connectivity index (χ2n) is 5.16. The van der Waals surface area contributed by atoms with E-state index in [1.54, 1.807) is 0 Å². The van der Waals surface area contributed by atoms with Crippen molar-refractivity contribution in [3.63, 3.8) is 0 Å². The Kier molecular flexibility index (Phi) is 4.52. The van der Waals surface area contributed by atoms with E-state index in [9.17, 15) is 0 Å². The molecule has 1 fully saturated rings. The second kappa shape index (κ2) is 6.36. The summed E-state index contributed by atoms with van der Waals surface area (Å²) in [4.78, 5) is 12.2. The van der Waals surface area contributed by atoms with E-state index in [4.69, 9.17) is 9.47 Å². The van der Waals surface area contributed by atoms with Gasteiger partial charge in [-0.05, 0) is 41.9 Å². The maximum Gasteiger partial charge on any atom is 0.157 e. The number of hydrogen-bond acceptors (Lipinski definition) is 4. The summed E-state index contributed by atoms with van der Waals surface area (Å²) in [7, 11) is 0. The zero-order valence-electron chi connectivity index (χ0n) is 11.4. The van der Waals surface area contributed by atoms with Crippen LogP contribution in [0.1, 0.15) is 37.9 Å². The lowest BCUT2D eigenvalue weighted by Gasteiger charge is -2.23. The van der Waals surface area contributed by atoms with Crippen LogP contribution in [0.5, 0.6) is 0 Å². The van der Waals surface area contributed by atoms with E-state index in [0.717, 1.165) is 39.9 Å². The first kappa shape index (κ1) is 14.2. The molecule has 1 N–H and O–H groups in total. The van der Waals surface area contributed by atoms with Gasteiger partial charge in [0.15, 0.2) is 6.29 Å². The Balaban J connectivity index is 1.64. The minimum Gasteiger partial charge on any atom is -0.353 e. The number of ether oxygens (including phenoxy) is 2. The molecular weight excluding hydrogens is 369 g/mol. The zero-order chi connectivity index (χ0) is 13.9. The molecule has 3 rings (SSSR count). The smallest absolute Gasteiger partial charge is 0.157 e. The summed E-state index contributed by atoms with van der Waals surface area (Å²) in [5.74, 6) is 0.970. The number of rotatable bonds is 4. The van der Waals surface area contributed by atoms with Crippen LogP contribution in [0.4, 0.5) is 0 Å². The van der Waals surface area contributed by atoms with Gasteiger partial charge in [-0.3, -0.25) is 0 Å². The van der Waals surface area contributed by atoms with E-state index >= 15 is 0 Å². The van der Waals surface area contributed by atoms with Crippen molar-refractivity contribution < 1.29 is 9.47 Å². The minimum absolute atomic E-state index is 0.0543. The van der Waals surface area contributed by atoms with Gasteiger partial charge in [0.2, 0.25) is 0 Å². The lowest BCUT2D eigenvalue weighted by molar-refractivity contribution is -0.164.